The normalized spacial score (nSPS) is 16.2. The molecule has 0 amide bonds. The van der Waals surface area contributed by atoms with E-state index in [1.54, 1.807) is 0 Å². The van der Waals surface area contributed by atoms with Crippen LogP contribution in [0, 0.1) is 12.8 Å². The van der Waals surface area contributed by atoms with E-state index in [4.69, 9.17) is 0 Å². The molecule has 0 spiro atoms. The first-order chi connectivity index (χ1) is 11.8. The molecule has 2 aromatic rings. The van der Waals surface area contributed by atoms with E-state index in [2.05, 4.69) is 45.5 Å². The van der Waals surface area contributed by atoms with E-state index in [9.17, 15) is 5.11 Å². The molecule has 128 valence electrons. The molecule has 0 bridgehead atoms. The first kappa shape index (κ1) is 16.9. The molecule has 2 heterocycles. The number of piperidine rings is 1. The number of hydrogen-bond acceptors (Lipinski definition) is 4. The van der Waals surface area contributed by atoms with E-state index in [-0.39, 0.29) is 0 Å². The second-order valence-electron chi connectivity index (χ2n) is 6.66. The van der Waals surface area contributed by atoms with E-state index < -0.39 is 0 Å². The average Bonchev–Trinajstić information content (AvgIpc) is 2.63. The number of pyridine rings is 1. The highest BCUT2D eigenvalue weighted by Crippen LogP contribution is 2.22. The van der Waals surface area contributed by atoms with Crippen LogP contribution in [-0.4, -0.2) is 34.7 Å². The van der Waals surface area contributed by atoms with Crippen molar-refractivity contribution in [1.29, 1.82) is 0 Å². The Kier molecular flexibility index (Phi) is 5.83. The van der Waals surface area contributed by atoms with Gasteiger partial charge >= 0.3 is 0 Å². The number of aryl methyl sites for hydroxylation is 1. The highest BCUT2D eigenvalue weighted by Gasteiger charge is 2.19. The number of likely N-dealkylation sites (tertiary alicyclic amines) is 1. The van der Waals surface area contributed by atoms with Crippen molar-refractivity contribution in [1.82, 2.24) is 9.88 Å². The van der Waals surface area contributed by atoms with Crippen molar-refractivity contribution in [3.8, 4) is 0 Å². The van der Waals surface area contributed by atoms with Crippen molar-refractivity contribution in [3.05, 3.63) is 59.4 Å². The predicted octanol–water partition coefficient (Wildman–Crippen LogP) is 3.21. The minimum atomic E-state index is 0.330. The highest BCUT2D eigenvalue weighted by molar-refractivity contribution is 5.51. The van der Waals surface area contributed by atoms with Crippen LogP contribution in [0.2, 0.25) is 0 Å². The summed E-state index contributed by atoms with van der Waals surface area (Å²) in [5.74, 6) is 0.489. The lowest BCUT2D eigenvalue weighted by Crippen LogP contribution is -2.34. The van der Waals surface area contributed by atoms with Crippen LogP contribution in [0.25, 0.3) is 0 Å². The number of benzene rings is 1. The van der Waals surface area contributed by atoms with Gasteiger partial charge in [0.1, 0.15) is 0 Å². The zero-order valence-electron chi connectivity index (χ0n) is 14.4. The number of nitrogens with zero attached hydrogens (tertiary/aromatic N) is 2. The number of hydrogen-bond donors (Lipinski definition) is 2. The molecule has 1 aliphatic heterocycles. The number of nitrogens with one attached hydrogen (secondary N) is 1. The third kappa shape index (κ3) is 4.34. The third-order valence-electron chi connectivity index (χ3n) is 4.96. The Hall–Kier alpha value is -1.91. The Balaban J connectivity index is 1.62. The van der Waals surface area contributed by atoms with Crippen molar-refractivity contribution < 1.29 is 5.11 Å². The Bertz CT molecular complexity index is 651. The fourth-order valence-electron chi connectivity index (χ4n) is 3.29. The molecule has 4 heteroatoms. The third-order valence-corrected chi connectivity index (χ3v) is 4.96. The van der Waals surface area contributed by atoms with Crippen molar-refractivity contribution >= 4 is 5.69 Å². The number of aliphatic hydroxyl groups is 1. The SMILES string of the molecule is Cc1ncccc1CNc1ccccc1CN1CCC(CO)CC1. The van der Waals surface area contributed by atoms with Crippen LogP contribution in [-0.2, 0) is 13.1 Å². The fourth-order valence-corrected chi connectivity index (χ4v) is 3.29. The fraction of sp³-hybridized carbons (Fsp3) is 0.450. The van der Waals surface area contributed by atoms with Crippen molar-refractivity contribution in [2.24, 2.45) is 5.92 Å². The molecule has 1 aromatic heterocycles. The Morgan fingerprint density at radius 1 is 1.12 bits per heavy atom. The molecule has 0 radical (unpaired) electrons. The summed E-state index contributed by atoms with van der Waals surface area (Å²) in [5, 5.41) is 12.9. The van der Waals surface area contributed by atoms with Crippen LogP contribution in [0.3, 0.4) is 0 Å². The number of rotatable bonds is 6. The van der Waals surface area contributed by atoms with Gasteiger partial charge in [-0.25, -0.2) is 0 Å². The molecule has 1 saturated heterocycles. The lowest BCUT2D eigenvalue weighted by molar-refractivity contribution is 0.127. The summed E-state index contributed by atoms with van der Waals surface area (Å²) in [7, 11) is 0. The van der Waals surface area contributed by atoms with E-state index >= 15 is 0 Å². The number of anilines is 1. The molecule has 0 atom stereocenters. The zero-order valence-corrected chi connectivity index (χ0v) is 14.4. The molecule has 3 rings (SSSR count). The maximum Gasteiger partial charge on any atom is 0.0460 e. The monoisotopic (exact) mass is 325 g/mol. The molecule has 1 fully saturated rings. The van der Waals surface area contributed by atoms with Crippen LogP contribution < -0.4 is 5.32 Å². The predicted molar refractivity (Wildman–Crippen MR) is 97.8 cm³/mol. The molecule has 24 heavy (non-hydrogen) atoms. The molecule has 1 aliphatic rings. The van der Waals surface area contributed by atoms with Crippen molar-refractivity contribution in [2.45, 2.75) is 32.9 Å². The van der Waals surface area contributed by atoms with Gasteiger partial charge in [-0.05, 0) is 62.0 Å². The van der Waals surface area contributed by atoms with Crippen LogP contribution in [0.4, 0.5) is 5.69 Å². The average molecular weight is 325 g/mol. The Labute approximate surface area is 144 Å². The van der Waals surface area contributed by atoms with Crippen LogP contribution in [0.1, 0.15) is 29.7 Å². The highest BCUT2D eigenvalue weighted by atomic mass is 16.3. The Morgan fingerprint density at radius 3 is 2.62 bits per heavy atom. The van der Waals surface area contributed by atoms with Gasteiger partial charge in [0.05, 0.1) is 0 Å². The standard InChI is InChI=1S/C20H27N3O/c1-16-18(6-4-10-21-16)13-22-20-7-3-2-5-19(20)14-23-11-8-17(15-24)9-12-23/h2-7,10,17,22,24H,8-9,11-15H2,1H3. The largest absolute Gasteiger partial charge is 0.396 e. The summed E-state index contributed by atoms with van der Waals surface area (Å²) in [6.45, 7) is 6.28. The van der Waals surface area contributed by atoms with Crippen LogP contribution in [0.15, 0.2) is 42.6 Å². The summed E-state index contributed by atoms with van der Waals surface area (Å²) in [4.78, 5) is 6.84. The zero-order chi connectivity index (χ0) is 16.8. The summed E-state index contributed by atoms with van der Waals surface area (Å²) in [5.41, 5.74) is 4.84. The van der Waals surface area contributed by atoms with E-state index in [1.807, 2.05) is 19.2 Å². The maximum absolute atomic E-state index is 9.28. The quantitative estimate of drug-likeness (QED) is 0.856. The van der Waals surface area contributed by atoms with Gasteiger partial charge in [0, 0.05) is 37.3 Å². The van der Waals surface area contributed by atoms with Crippen molar-refractivity contribution in [3.63, 3.8) is 0 Å². The Morgan fingerprint density at radius 2 is 1.88 bits per heavy atom. The second kappa shape index (κ2) is 8.27. The molecule has 0 unspecified atom stereocenters. The number of aromatic nitrogens is 1. The van der Waals surface area contributed by atoms with Crippen LogP contribution in [0.5, 0.6) is 0 Å². The maximum atomic E-state index is 9.28. The first-order valence-corrected chi connectivity index (χ1v) is 8.81. The molecule has 0 saturated carbocycles. The summed E-state index contributed by atoms with van der Waals surface area (Å²) in [6.07, 6.45) is 4.03. The summed E-state index contributed by atoms with van der Waals surface area (Å²) >= 11 is 0. The first-order valence-electron chi connectivity index (χ1n) is 8.81. The molecule has 1 aromatic carbocycles. The van der Waals surface area contributed by atoms with E-state index in [0.29, 0.717) is 12.5 Å². The lowest BCUT2D eigenvalue weighted by Gasteiger charge is -2.31. The smallest absolute Gasteiger partial charge is 0.0460 e. The molecule has 2 N–H and O–H groups in total. The topological polar surface area (TPSA) is 48.4 Å². The summed E-state index contributed by atoms with van der Waals surface area (Å²) in [6, 6.07) is 12.7. The van der Waals surface area contributed by atoms with Gasteiger partial charge in [-0.15, -0.1) is 0 Å². The molecule has 0 aliphatic carbocycles. The summed E-state index contributed by atoms with van der Waals surface area (Å²) < 4.78 is 0. The number of para-hydroxylation sites is 1. The van der Waals surface area contributed by atoms with Crippen LogP contribution >= 0.6 is 0 Å². The van der Waals surface area contributed by atoms with Gasteiger partial charge in [0.2, 0.25) is 0 Å². The minimum absolute atomic E-state index is 0.330. The number of aliphatic hydroxyl groups excluding tert-OH is 1. The van der Waals surface area contributed by atoms with Gasteiger partial charge < -0.3 is 10.4 Å². The van der Waals surface area contributed by atoms with Crippen molar-refractivity contribution in [2.75, 3.05) is 25.0 Å². The van der Waals surface area contributed by atoms with Gasteiger partial charge in [0.25, 0.3) is 0 Å². The van der Waals surface area contributed by atoms with Gasteiger partial charge in [0.15, 0.2) is 0 Å². The van der Waals surface area contributed by atoms with E-state index in [1.165, 1.54) is 16.8 Å². The van der Waals surface area contributed by atoms with Gasteiger partial charge in [-0.2, -0.15) is 0 Å². The van der Waals surface area contributed by atoms with Gasteiger partial charge in [-0.3, -0.25) is 9.88 Å². The minimum Gasteiger partial charge on any atom is -0.396 e. The molecular formula is C20H27N3O. The lowest BCUT2D eigenvalue weighted by atomic mass is 9.97. The second-order valence-corrected chi connectivity index (χ2v) is 6.66. The molecule has 4 nitrogen and oxygen atoms in total. The molecular weight excluding hydrogens is 298 g/mol. The van der Waals surface area contributed by atoms with Gasteiger partial charge in [-0.1, -0.05) is 24.3 Å². The van der Waals surface area contributed by atoms with E-state index in [0.717, 1.165) is 44.7 Å².